The van der Waals surface area contributed by atoms with Gasteiger partial charge in [-0.05, 0) is 18.1 Å². The Labute approximate surface area is 104 Å². The Kier molecular flexibility index (Phi) is 2.86. The molecule has 0 saturated heterocycles. The zero-order valence-electron chi connectivity index (χ0n) is 9.28. The molecule has 5 heteroatoms. The topological polar surface area (TPSA) is 50.9 Å². The van der Waals surface area contributed by atoms with Gasteiger partial charge in [0, 0.05) is 10.1 Å². The zero-order chi connectivity index (χ0) is 11.7. The van der Waals surface area contributed by atoms with Crippen LogP contribution in [0.2, 0.25) is 0 Å². The quantitative estimate of drug-likeness (QED) is 0.892. The first-order chi connectivity index (χ1) is 8.36. The van der Waals surface area contributed by atoms with E-state index in [0.29, 0.717) is 11.1 Å². The van der Waals surface area contributed by atoms with Crippen LogP contribution >= 0.6 is 11.8 Å². The molecule has 2 aromatic rings. The predicted octanol–water partition coefficient (Wildman–Crippen LogP) is 1.49. The normalized spacial score (nSPS) is 18.3. The fraction of sp³-hybridized carbons (Fsp3) is 0.333. The summed E-state index contributed by atoms with van der Waals surface area (Å²) in [6.07, 6.45) is 2.56. The fourth-order valence-corrected chi connectivity index (χ4v) is 3.41. The lowest BCUT2D eigenvalue weighted by atomic mass is 10.1. The van der Waals surface area contributed by atoms with E-state index in [2.05, 4.69) is 34.3 Å². The molecule has 0 saturated carbocycles. The van der Waals surface area contributed by atoms with Gasteiger partial charge in [-0.2, -0.15) is 5.10 Å². The second-order valence-corrected chi connectivity index (χ2v) is 5.41. The molecule has 2 heterocycles. The van der Waals surface area contributed by atoms with E-state index in [1.807, 2.05) is 11.8 Å². The Bertz CT molecular complexity index is 501. The number of thioether (sulfide) groups is 1. The van der Waals surface area contributed by atoms with Gasteiger partial charge in [-0.15, -0.1) is 11.8 Å². The Morgan fingerprint density at radius 2 is 2.29 bits per heavy atom. The van der Waals surface area contributed by atoms with E-state index in [9.17, 15) is 0 Å². The zero-order valence-corrected chi connectivity index (χ0v) is 10.1. The van der Waals surface area contributed by atoms with E-state index < -0.39 is 0 Å². The molecular formula is C12H13N3OS. The first kappa shape index (κ1) is 10.8. The summed E-state index contributed by atoms with van der Waals surface area (Å²) in [4.78, 5) is 5.38. The summed E-state index contributed by atoms with van der Waals surface area (Å²) < 4.78 is 1.80. The van der Waals surface area contributed by atoms with Crippen LogP contribution in [-0.2, 0) is 19.6 Å². The standard InChI is InChI=1S/C12H13N3OS/c16-7-12-13-8-14-15(12)6-10-5-9-3-1-2-4-11(9)17-10/h1-4,8,10,16H,5-7H2. The molecule has 88 valence electrons. The van der Waals surface area contributed by atoms with Gasteiger partial charge >= 0.3 is 0 Å². The summed E-state index contributed by atoms with van der Waals surface area (Å²) in [6.45, 7) is 0.750. The van der Waals surface area contributed by atoms with E-state index >= 15 is 0 Å². The molecule has 1 atom stereocenters. The van der Waals surface area contributed by atoms with Gasteiger partial charge in [0.2, 0.25) is 0 Å². The van der Waals surface area contributed by atoms with E-state index in [0.717, 1.165) is 13.0 Å². The van der Waals surface area contributed by atoms with Crippen molar-refractivity contribution < 1.29 is 5.11 Å². The number of hydrogen-bond donors (Lipinski definition) is 1. The molecule has 1 aromatic carbocycles. The highest BCUT2D eigenvalue weighted by Gasteiger charge is 2.23. The Balaban J connectivity index is 1.74. The summed E-state index contributed by atoms with van der Waals surface area (Å²) in [6, 6.07) is 8.49. The third kappa shape index (κ3) is 2.08. The number of rotatable bonds is 3. The highest BCUT2D eigenvalue weighted by atomic mass is 32.2. The first-order valence-electron chi connectivity index (χ1n) is 5.59. The van der Waals surface area contributed by atoms with Crippen molar-refractivity contribution in [2.75, 3.05) is 0 Å². The van der Waals surface area contributed by atoms with Crippen LogP contribution in [0.4, 0.5) is 0 Å². The summed E-state index contributed by atoms with van der Waals surface area (Å²) in [5.41, 5.74) is 1.41. The van der Waals surface area contributed by atoms with Gasteiger partial charge in [-0.1, -0.05) is 18.2 Å². The van der Waals surface area contributed by atoms with Crippen molar-refractivity contribution >= 4 is 11.8 Å². The smallest absolute Gasteiger partial charge is 0.152 e. The third-order valence-corrected chi connectivity index (χ3v) is 4.23. The summed E-state index contributed by atoms with van der Waals surface area (Å²) in [7, 11) is 0. The van der Waals surface area contributed by atoms with Crippen LogP contribution in [0.1, 0.15) is 11.4 Å². The van der Waals surface area contributed by atoms with Gasteiger partial charge in [0.25, 0.3) is 0 Å². The molecule has 0 radical (unpaired) electrons. The van der Waals surface area contributed by atoms with Crippen molar-refractivity contribution in [1.29, 1.82) is 0 Å². The van der Waals surface area contributed by atoms with Gasteiger partial charge in [-0.25, -0.2) is 9.67 Å². The number of aliphatic hydroxyl groups excluding tert-OH is 1. The number of aliphatic hydroxyl groups is 1. The van der Waals surface area contributed by atoms with Crippen LogP contribution in [0.25, 0.3) is 0 Å². The van der Waals surface area contributed by atoms with Gasteiger partial charge in [-0.3, -0.25) is 0 Å². The van der Waals surface area contributed by atoms with Crippen molar-refractivity contribution in [3.8, 4) is 0 Å². The van der Waals surface area contributed by atoms with Gasteiger partial charge < -0.3 is 5.11 Å². The molecule has 3 rings (SSSR count). The second kappa shape index (κ2) is 4.50. The lowest BCUT2D eigenvalue weighted by Crippen LogP contribution is -2.16. The number of aromatic nitrogens is 3. The third-order valence-electron chi connectivity index (χ3n) is 2.93. The first-order valence-corrected chi connectivity index (χ1v) is 6.47. The molecule has 0 amide bonds. The number of hydrogen-bond acceptors (Lipinski definition) is 4. The van der Waals surface area contributed by atoms with Crippen LogP contribution in [0.15, 0.2) is 35.5 Å². The van der Waals surface area contributed by atoms with Crippen LogP contribution in [0, 0.1) is 0 Å². The predicted molar refractivity (Wildman–Crippen MR) is 65.7 cm³/mol. The van der Waals surface area contributed by atoms with E-state index in [4.69, 9.17) is 5.11 Å². The highest BCUT2D eigenvalue weighted by molar-refractivity contribution is 8.00. The van der Waals surface area contributed by atoms with Crippen molar-refractivity contribution in [2.45, 2.75) is 29.7 Å². The monoisotopic (exact) mass is 247 g/mol. The van der Waals surface area contributed by atoms with Crippen LogP contribution in [0.3, 0.4) is 0 Å². The second-order valence-electron chi connectivity index (χ2n) is 4.07. The lowest BCUT2D eigenvalue weighted by molar-refractivity contribution is 0.262. The minimum atomic E-state index is -0.0513. The van der Waals surface area contributed by atoms with Crippen molar-refractivity contribution in [1.82, 2.24) is 14.8 Å². The Hall–Kier alpha value is -1.33. The molecule has 1 N–H and O–H groups in total. The maximum absolute atomic E-state index is 9.12. The van der Waals surface area contributed by atoms with E-state index in [-0.39, 0.29) is 6.61 Å². The average Bonchev–Trinajstić information content (AvgIpc) is 2.94. The van der Waals surface area contributed by atoms with Crippen molar-refractivity contribution in [3.63, 3.8) is 0 Å². The van der Waals surface area contributed by atoms with Crippen LogP contribution < -0.4 is 0 Å². The largest absolute Gasteiger partial charge is 0.388 e. The van der Waals surface area contributed by atoms with Gasteiger partial charge in [0.1, 0.15) is 12.9 Å². The number of benzene rings is 1. The molecule has 1 aliphatic rings. The summed E-state index contributed by atoms with van der Waals surface area (Å²) in [5, 5.41) is 13.8. The van der Waals surface area contributed by atoms with E-state index in [1.54, 1.807) is 4.68 Å². The average molecular weight is 247 g/mol. The minimum absolute atomic E-state index is 0.0513. The maximum Gasteiger partial charge on any atom is 0.152 e. The van der Waals surface area contributed by atoms with Crippen LogP contribution in [0.5, 0.6) is 0 Å². The SMILES string of the molecule is OCc1ncnn1CC1Cc2ccccc2S1. The molecule has 1 unspecified atom stereocenters. The molecule has 0 aliphatic carbocycles. The number of fused-ring (bicyclic) bond motifs is 1. The highest BCUT2D eigenvalue weighted by Crippen LogP contribution is 2.37. The fourth-order valence-electron chi connectivity index (χ4n) is 2.11. The maximum atomic E-state index is 9.12. The summed E-state index contributed by atoms with van der Waals surface area (Å²) >= 11 is 1.88. The minimum Gasteiger partial charge on any atom is -0.388 e. The van der Waals surface area contributed by atoms with Crippen LogP contribution in [-0.4, -0.2) is 25.1 Å². The van der Waals surface area contributed by atoms with Crippen molar-refractivity contribution in [3.05, 3.63) is 42.0 Å². The number of nitrogens with zero attached hydrogens (tertiary/aromatic N) is 3. The molecule has 0 spiro atoms. The lowest BCUT2D eigenvalue weighted by Gasteiger charge is -2.09. The molecule has 1 aromatic heterocycles. The molecular weight excluding hydrogens is 234 g/mol. The molecule has 4 nitrogen and oxygen atoms in total. The van der Waals surface area contributed by atoms with Gasteiger partial charge in [0.05, 0.1) is 6.54 Å². The molecule has 17 heavy (non-hydrogen) atoms. The van der Waals surface area contributed by atoms with Crippen molar-refractivity contribution in [2.24, 2.45) is 0 Å². The Morgan fingerprint density at radius 1 is 1.41 bits per heavy atom. The molecule has 0 bridgehead atoms. The van der Waals surface area contributed by atoms with Gasteiger partial charge in [0.15, 0.2) is 5.82 Å². The Morgan fingerprint density at radius 3 is 3.12 bits per heavy atom. The van der Waals surface area contributed by atoms with E-state index in [1.165, 1.54) is 16.8 Å². The summed E-state index contributed by atoms with van der Waals surface area (Å²) in [5.74, 6) is 0.640. The molecule has 0 fully saturated rings. The molecule has 1 aliphatic heterocycles.